The SMILES string of the molecule is CC(C)c1cc(C(=O)OCc2ccc(Cl)cc2)cc(Cl)n1. The second-order valence-corrected chi connectivity index (χ2v) is 5.78. The summed E-state index contributed by atoms with van der Waals surface area (Å²) in [4.78, 5) is 16.3. The molecule has 0 N–H and O–H groups in total. The van der Waals surface area contributed by atoms with E-state index >= 15 is 0 Å². The number of halogens is 2. The summed E-state index contributed by atoms with van der Waals surface area (Å²) in [7, 11) is 0. The first-order valence-electron chi connectivity index (χ1n) is 6.55. The third kappa shape index (κ3) is 4.45. The molecule has 3 nitrogen and oxygen atoms in total. The lowest BCUT2D eigenvalue weighted by Gasteiger charge is -2.09. The molecule has 0 amide bonds. The molecule has 0 unspecified atom stereocenters. The van der Waals surface area contributed by atoms with E-state index in [1.807, 2.05) is 26.0 Å². The standard InChI is InChI=1S/C16H15Cl2NO2/c1-10(2)14-7-12(8-15(18)19-14)16(20)21-9-11-3-5-13(17)6-4-11/h3-8,10H,9H2,1-2H3. The van der Waals surface area contributed by atoms with Gasteiger partial charge in [-0.05, 0) is 35.7 Å². The van der Waals surface area contributed by atoms with Gasteiger partial charge in [-0.1, -0.05) is 49.2 Å². The molecule has 1 aromatic carbocycles. The molecule has 0 radical (unpaired) electrons. The topological polar surface area (TPSA) is 39.2 Å². The molecule has 0 atom stereocenters. The summed E-state index contributed by atoms with van der Waals surface area (Å²) in [6.45, 7) is 4.16. The average molecular weight is 324 g/mol. The lowest BCUT2D eigenvalue weighted by atomic mass is 10.1. The van der Waals surface area contributed by atoms with Crippen LogP contribution in [0, 0.1) is 0 Å². The number of carbonyl (C=O) groups is 1. The number of carbonyl (C=O) groups excluding carboxylic acids is 1. The molecule has 5 heteroatoms. The van der Waals surface area contributed by atoms with Gasteiger partial charge in [-0.25, -0.2) is 9.78 Å². The number of rotatable bonds is 4. The van der Waals surface area contributed by atoms with Crippen molar-refractivity contribution in [2.45, 2.75) is 26.4 Å². The van der Waals surface area contributed by atoms with Crippen molar-refractivity contribution in [3.8, 4) is 0 Å². The van der Waals surface area contributed by atoms with Crippen LogP contribution in [0.3, 0.4) is 0 Å². The maximum Gasteiger partial charge on any atom is 0.338 e. The zero-order chi connectivity index (χ0) is 15.4. The number of benzene rings is 1. The quantitative estimate of drug-likeness (QED) is 0.595. The van der Waals surface area contributed by atoms with Crippen molar-refractivity contribution >= 4 is 29.2 Å². The average Bonchev–Trinajstić information content (AvgIpc) is 2.45. The van der Waals surface area contributed by atoms with Gasteiger partial charge in [-0.15, -0.1) is 0 Å². The highest BCUT2D eigenvalue weighted by Crippen LogP contribution is 2.19. The van der Waals surface area contributed by atoms with Gasteiger partial charge in [0.15, 0.2) is 0 Å². The first-order valence-corrected chi connectivity index (χ1v) is 7.30. The van der Waals surface area contributed by atoms with Crippen molar-refractivity contribution in [2.24, 2.45) is 0 Å². The maximum atomic E-state index is 12.1. The monoisotopic (exact) mass is 323 g/mol. The number of ether oxygens (including phenoxy) is 1. The second-order valence-electron chi connectivity index (χ2n) is 4.96. The number of esters is 1. The third-order valence-corrected chi connectivity index (χ3v) is 3.37. The number of hydrogen-bond donors (Lipinski definition) is 0. The molecule has 21 heavy (non-hydrogen) atoms. The Hall–Kier alpha value is -1.58. The van der Waals surface area contributed by atoms with Gasteiger partial charge in [-0.3, -0.25) is 0 Å². The van der Waals surface area contributed by atoms with Crippen LogP contribution >= 0.6 is 23.2 Å². The predicted octanol–water partition coefficient (Wildman–Crippen LogP) is 4.87. The molecule has 110 valence electrons. The zero-order valence-corrected chi connectivity index (χ0v) is 13.3. The molecule has 0 aliphatic rings. The molecule has 1 heterocycles. The molecular formula is C16H15Cl2NO2. The van der Waals surface area contributed by atoms with Crippen LogP contribution in [0.5, 0.6) is 0 Å². The Morgan fingerprint density at radius 2 is 1.86 bits per heavy atom. The lowest BCUT2D eigenvalue weighted by Crippen LogP contribution is -2.07. The Balaban J connectivity index is 2.08. The Labute approximate surface area is 133 Å². The molecule has 0 bridgehead atoms. The normalized spacial score (nSPS) is 10.7. The van der Waals surface area contributed by atoms with Crippen LogP contribution in [0.4, 0.5) is 0 Å². The van der Waals surface area contributed by atoms with Crippen molar-refractivity contribution in [2.75, 3.05) is 0 Å². The summed E-state index contributed by atoms with van der Waals surface area (Å²) in [6, 6.07) is 10.4. The minimum Gasteiger partial charge on any atom is -0.457 e. The van der Waals surface area contributed by atoms with E-state index in [2.05, 4.69) is 4.98 Å². The fourth-order valence-electron chi connectivity index (χ4n) is 1.74. The van der Waals surface area contributed by atoms with Gasteiger partial charge in [0.2, 0.25) is 0 Å². The van der Waals surface area contributed by atoms with E-state index in [-0.39, 0.29) is 12.5 Å². The van der Waals surface area contributed by atoms with E-state index in [9.17, 15) is 4.79 Å². The van der Waals surface area contributed by atoms with E-state index in [0.717, 1.165) is 11.3 Å². The van der Waals surface area contributed by atoms with E-state index in [1.165, 1.54) is 6.07 Å². The summed E-state index contributed by atoms with van der Waals surface area (Å²) in [6.07, 6.45) is 0. The molecule has 0 spiro atoms. The van der Waals surface area contributed by atoms with Crippen LogP contribution in [0.2, 0.25) is 10.2 Å². The molecule has 0 saturated carbocycles. The number of hydrogen-bond acceptors (Lipinski definition) is 3. The van der Waals surface area contributed by atoms with E-state index in [4.69, 9.17) is 27.9 Å². The molecule has 0 saturated heterocycles. The Bertz CT molecular complexity index is 639. The summed E-state index contributed by atoms with van der Waals surface area (Å²) >= 11 is 11.7. The van der Waals surface area contributed by atoms with E-state index < -0.39 is 5.97 Å². The van der Waals surface area contributed by atoms with Crippen LogP contribution in [0.15, 0.2) is 36.4 Å². The van der Waals surface area contributed by atoms with Gasteiger partial charge >= 0.3 is 5.97 Å². The van der Waals surface area contributed by atoms with Gasteiger partial charge in [-0.2, -0.15) is 0 Å². The van der Waals surface area contributed by atoms with Crippen molar-refractivity contribution in [3.05, 3.63) is 63.4 Å². The van der Waals surface area contributed by atoms with Gasteiger partial charge in [0.05, 0.1) is 5.56 Å². The highest BCUT2D eigenvalue weighted by Gasteiger charge is 2.12. The van der Waals surface area contributed by atoms with Crippen LogP contribution in [-0.2, 0) is 11.3 Å². The van der Waals surface area contributed by atoms with E-state index in [1.54, 1.807) is 18.2 Å². The van der Waals surface area contributed by atoms with Crippen molar-refractivity contribution < 1.29 is 9.53 Å². The minimum atomic E-state index is -0.420. The molecule has 0 fully saturated rings. The highest BCUT2D eigenvalue weighted by molar-refractivity contribution is 6.30. The number of nitrogens with zero attached hydrogens (tertiary/aromatic N) is 1. The summed E-state index contributed by atoms with van der Waals surface area (Å²) < 4.78 is 5.28. The molecule has 0 aliphatic carbocycles. The van der Waals surface area contributed by atoms with Crippen molar-refractivity contribution in [1.82, 2.24) is 4.98 Å². The van der Waals surface area contributed by atoms with Gasteiger partial charge in [0, 0.05) is 10.7 Å². The minimum absolute atomic E-state index is 0.187. The van der Waals surface area contributed by atoms with E-state index in [0.29, 0.717) is 15.7 Å². The largest absolute Gasteiger partial charge is 0.457 e. The second kappa shape index (κ2) is 6.92. The Kier molecular flexibility index (Phi) is 5.21. The third-order valence-electron chi connectivity index (χ3n) is 2.92. The van der Waals surface area contributed by atoms with Crippen molar-refractivity contribution in [1.29, 1.82) is 0 Å². The fraction of sp³-hybridized carbons (Fsp3) is 0.250. The molecule has 2 aromatic rings. The summed E-state index contributed by atoms with van der Waals surface area (Å²) in [5.41, 5.74) is 2.05. The molecule has 2 rings (SSSR count). The van der Waals surface area contributed by atoms with Gasteiger partial charge < -0.3 is 4.74 Å². The molecular weight excluding hydrogens is 309 g/mol. The molecule has 1 aromatic heterocycles. The van der Waals surface area contributed by atoms with Crippen LogP contribution in [0.25, 0.3) is 0 Å². The summed E-state index contributed by atoms with van der Waals surface area (Å²) in [5, 5.41) is 0.937. The zero-order valence-electron chi connectivity index (χ0n) is 11.8. The van der Waals surface area contributed by atoms with Gasteiger partial charge in [0.1, 0.15) is 11.8 Å². The predicted molar refractivity (Wildman–Crippen MR) is 83.9 cm³/mol. The Morgan fingerprint density at radius 1 is 1.19 bits per heavy atom. The lowest BCUT2D eigenvalue weighted by molar-refractivity contribution is 0.0472. The Morgan fingerprint density at radius 3 is 2.48 bits per heavy atom. The van der Waals surface area contributed by atoms with Crippen LogP contribution in [0.1, 0.15) is 41.4 Å². The van der Waals surface area contributed by atoms with Crippen LogP contribution < -0.4 is 0 Å². The number of pyridine rings is 1. The molecule has 0 aliphatic heterocycles. The smallest absolute Gasteiger partial charge is 0.338 e. The van der Waals surface area contributed by atoms with Crippen LogP contribution in [-0.4, -0.2) is 11.0 Å². The van der Waals surface area contributed by atoms with Gasteiger partial charge in [0.25, 0.3) is 0 Å². The summed E-state index contributed by atoms with van der Waals surface area (Å²) in [5.74, 6) is -0.234. The van der Waals surface area contributed by atoms with Crippen molar-refractivity contribution in [3.63, 3.8) is 0 Å². The highest BCUT2D eigenvalue weighted by atomic mass is 35.5. The fourth-order valence-corrected chi connectivity index (χ4v) is 2.08. The first-order chi connectivity index (χ1) is 9.95. The first kappa shape index (κ1) is 15.8. The maximum absolute atomic E-state index is 12.1. The number of aromatic nitrogens is 1.